The molecule has 0 aromatic heterocycles. The van der Waals surface area contributed by atoms with Crippen molar-refractivity contribution in [1.29, 1.82) is 0 Å². The Morgan fingerprint density at radius 2 is 1.77 bits per heavy atom. The largest absolute Gasteiger partial charge is 0.372 e. The first kappa shape index (κ1) is 20.4. The summed E-state index contributed by atoms with van der Waals surface area (Å²) in [5.74, 6) is 0. The van der Waals surface area contributed by atoms with E-state index < -0.39 is 10.0 Å². The molecule has 1 aliphatic rings. The van der Waals surface area contributed by atoms with Gasteiger partial charge in [-0.2, -0.15) is 0 Å². The van der Waals surface area contributed by atoms with Crippen LogP contribution in [-0.2, 0) is 10.0 Å². The highest BCUT2D eigenvalue weighted by atomic mass is 32.2. The number of hydrogen-bond donors (Lipinski definition) is 2. The molecule has 0 aliphatic carbocycles. The lowest BCUT2D eigenvalue weighted by molar-refractivity contribution is 0.239. The minimum absolute atomic E-state index is 0.0309. The van der Waals surface area contributed by atoms with Crippen molar-refractivity contribution in [2.45, 2.75) is 39.2 Å². The summed E-state index contributed by atoms with van der Waals surface area (Å²) in [6, 6.07) is 7.34. The van der Waals surface area contributed by atoms with E-state index in [2.05, 4.69) is 15.5 Å². The normalized spacial score (nSPS) is 15.0. The number of hydrogen-bond acceptors (Lipinski definition) is 4. The fourth-order valence-electron chi connectivity index (χ4n) is 3.05. The second kappa shape index (κ2) is 9.12. The second-order valence-corrected chi connectivity index (χ2v) is 8.86. The summed E-state index contributed by atoms with van der Waals surface area (Å²) in [6.45, 7) is 6.25. The lowest BCUT2D eigenvalue weighted by Gasteiger charge is -2.29. The summed E-state index contributed by atoms with van der Waals surface area (Å²) in [4.78, 5) is 14.0. The number of benzene rings is 1. The summed E-state index contributed by atoms with van der Waals surface area (Å²) in [6.07, 6.45) is 4.84. The molecule has 1 heterocycles. The average molecular weight is 383 g/mol. The van der Waals surface area contributed by atoms with Crippen molar-refractivity contribution in [2.24, 2.45) is 0 Å². The predicted octanol–water partition coefficient (Wildman–Crippen LogP) is 2.15. The van der Waals surface area contributed by atoms with Crippen LogP contribution in [0.4, 0.5) is 16.2 Å². The molecule has 1 fully saturated rings. The van der Waals surface area contributed by atoms with Gasteiger partial charge in [0.2, 0.25) is 10.0 Å². The minimum atomic E-state index is -3.43. The molecule has 146 valence electrons. The summed E-state index contributed by atoms with van der Waals surface area (Å²) >= 11 is 0. The van der Waals surface area contributed by atoms with Gasteiger partial charge in [-0.3, -0.25) is 4.31 Å². The number of urea groups is 1. The molecule has 0 atom stereocenters. The molecule has 2 N–H and O–H groups in total. The zero-order valence-electron chi connectivity index (χ0n) is 15.9. The molecular weight excluding hydrogens is 352 g/mol. The van der Waals surface area contributed by atoms with Gasteiger partial charge in [0.25, 0.3) is 0 Å². The van der Waals surface area contributed by atoms with Crippen molar-refractivity contribution >= 4 is 27.4 Å². The van der Waals surface area contributed by atoms with Crippen LogP contribution in [0.2, 0.25) is 0 Å². The molecule has 8 heteroatoms. The van der Waals surface area contributed by atoms with Crippen molar-refractivity contribution < 1.29 is 13.2 Å². The molecule has 1 saturated heterocycles. The predicted molar refractivity (Wildman–Crippen MR) is 106 cm³/mol. The summed E-state index contributed by atoms with van der Waals surface area (Å²) < 4.78 is 25.6. The molecule has 26 heavy (non-hydrogen) atoms. The van der Waals surface area contributed by atoms with Crippen molar-refractivity contribution in [3.05, 3.63) is 24.3 Å². The molecular formula is C18H30N4O3S. The third-order valence-electron chi connectivity index (χ3n) is 4.28. The first-order chi connectivity index (χ1) is 12.3. The Kier molecular flexibility index (Phi) is 7.14. The van der Waals surface area contributed by atoms with Gasteiger partial charge < -0.3 is 15.5 Å². The fraction of sp³-hybridized carbons (Fsp3) is 0.611. The number of amides is 2. The Morgan fingerprint density at radius 3 is 2.31 bits per heavy atom. The smallest absolute Gasteiger partial charge is 0.315 e. The van der Waals surface area contributed by atoms with Crippen LogP contribution in [0, 0.1) is 0 Å². The maximum Gasteiger partial charge on any atom is 0.315 e. The number of anilines is 2. The highest BCUT2D eigenvalue weighted by Gasteiger charge is 2.18. The minimum Gasteiger partial charge on any atom is -0.372 e. The SMILES string of the molecule is CC(C)NC(=O)NCCN(c1ccc(N2CCCCC2)cc1)S(C)(=O)=O. The molecule has 2 rings (SSSR count). The van der Waals surface area contributed by atoms with E-state index >= 15 is 0 Å². The van der Waals surface area contributed by atoms with E-state index in [1.54, 1.807) is 0 Å². The number of nitrogens with zero attached hydrogens (tertiary/aromatic N) is 2. The van der Waals surface area contributed by atoms with Gasteiger partial charge >= 0.3 is 6.03 Å². The van der Waals surface area contributed by atoms with Crippen molar-refractivity contribution in [2.75, 3.05) is 41.6 Å². The van der Waals surface area contributed by atoms with Crippen LogP contribution in [0.1, 0.15) is 33.1 Å². The molecule has 0 spiro atoms. The van der Waals surface area contributed by atoms with Crippen LogP contribution in [-0.4, -0.2) is 52.9 Å². The molecule has 1 aromatic rings. The number of carbonyl (C=O) groups excluding carboxylic acids is 1. The third kappa shape index (κ3) is 6.09. The Morgan fingerprint density at radius 1 is 1.15 bits per heavy atom. The Balaban J connectivity index is 2.01. The standard InChI is InChI=1S/C18H30N4O3S/c1-15(2)20-18(23)19-11-14-22(26(3,24)25)17-9-7-16(8-10-17)21-12-5-4-6-13-21/h7-10,15H,4-6,11-14H2,1-3H3,(H2,19,20,23). The van der Waals surface area contributed by atoms with E-state index in [-0.39, 0.29) is 25.2 Å². The first-order valence-electron chi connectivity index (χ1n) is 9.14. The molecule has 0 bridgehead atoms. The monoisotopic (exact) mass is 382 g/mol. The van der Waals surface area contributed by atoms with E-state index in [9.17, 15) is 13.2 Å². The lowest BCUT2D eigenvalue weighted by Crippen LogP contribution is -2.43. The van der Waals surface area contributed by atoms with Gasteiger partial charge in [-0.1, -0.05) is 0 Å². The molecule has 1 aromatic carbocycles. The van der Waals surface area contributed by atoms with Crippen LogP contribution >= 0.6 is 0 Å². The van der Waals surface area contributed by atoms with Gasteiger partial charge in [0.15, 0.2) is 0 Å². The number of nitrogens with one attached hydrogen (secondary N) is 2. The highest BCUT2D eigenvalue weighted by Crippen LogP contribution is 2.24. The molecule has 2 amide bonds. The van der Waals surface area contributed by atoms with Gasteiger partial charge in [-0.15, -0.1) is 0 Å². The highest BCUT2D eigenvalue weighted by molar-refractivity contribution is 7.92. The van der Waals surface area contributed by atoms with Crippen LogP contribution in [0.3, 0.4) is 0 Å². The third-order valence-corrected chi connectivity index (χ3v) is 5.47. The van der Waals surface area contributed by atoms with Crippen molar-refractivity contribution in [1.82, 2.24) is 10.6 Å². The molecule has 0 unspecified atom stereocenters. The maximum atomic E-state index is 12.2. The van der Waals surface area contributed by atoms with Gasteiger partial charge in [-0.25, -0.2) is 13.2 Å². The molecule has 0 saturated carbocycles. The molecule has 7 nitrogen and oxygen atoms in total. The van der Waals surface area contributed by atoms with Crippen LogP contribution in [0.15, 0.2) is 24.3 Å². The number of carbonyl (C=O) groups is 1. The van der Waals surface area contributed by atoms with E-state index in [4.69, 9.17) is 0 Å². The van der Waals surface area contributed by atoms with Crippen molar-refractivity contribution in [3.8, 4) is 0 Å². The number of piperidine rings is 1. The van der Waals surface area contributed by atoms with Crippen LogP contribution < -0.4 is 19.8 Å². The zero-order chi connectivity index (χ0) is 19.2. The van der Waals surface area contributed by atoms with Crippen LogP contribution in [0.25, 0.3) is 0 Å². The van der Waals surface area contributed by atoms with E-state index in [1.165, 1.54) is 29.8 Å². The maximum absolute atomic E-state index is 12.2. The van der Waals surface area contributed by atoms with E-state index in [1.807, 2.05) is 38.1 Å². The fourth-order valence-corrected chi connectivity index (χ4v) is 3.98. The lowest BCUT2D eigenvalue weighted by atomic mass is 10.1. The Bertz CT molecular complexity index is 683. The van der Waals surface area contributed by atoms with Crippen LogP contribution in [0.5, 0.6) is 0 Å². The van der Waals surface area contributed by atoms with Gasteiger partial charge in [0, 0.05) is 31.4 Å². The van der Waals surface area contributed by atoms with E-state index in [0.717, 1.165) is 18.8 Å². The quantitative estimate of drug-likeness (QED) is 0.757. The average Bonchev–Trinajstić information content (AvgIpc) is 2.58. The Hall–Kier alpha value is -1.96. The number of sulfonamides is 1. The topological polar surface area (TPSA) is 81.8 Å². The van der Waals surface area contributed by atoms with E-state index in [0.29, 0.717) is 5.69 Å². The second-order valence-electron chi connectivity index (χ2n) is 6.95. The van der Waals surface area contributed by atoms with Gasteiger partial charge in [0.05, 0.1) is 18.5 Å². The van der Waals surface area contributed by atoms with Gasteiger partial charge in [-0.05, 0) is 57.4 Å². The zero-order valence-corrected chi connectivity index (χ0v) is 16.7. The molecule has 0 radical (unpaired) electrons. The summed E-state index contributed by atoms with van der Waals surface area (Å²) in [5.41, 5.74) is 1.73. The first-order valence-corrected chi connectivity index (χ1v) is 11.0. The van der Waals surface area contributed by atoms with Crippen molar-refractivity contribution in [3.63, 3.8) is 0 Å². The van der Waals surface area contributed by atoms with Gasteiger partial charge in [0.1, 0.15) is 0 Å². The summed E-state index contributed by atoms with van der Waals surface area (Å²) in [7, 11) is -3.43. The number of rotatable bonds is 7. The Labute approximate surface area is 156 Å². The summed E-state index contributed by atoms with van der Waals surface area (Å²) in [5, 5.41) is 5.40. The molecule has 1 aliphatic heterocycles.